The maximum absolute atomic E-state index is 12.5. The van der Waals surface area contributed by atoms with Crippen molar-refractivity contribution in [2.24, 2.45) is 5.92 Å². The minimum absolute atomic E-state index is 0.0211. The smallest absolute Gasteiger partial charge is 0.237 e. The van der Waals surface area contributed by atoms with Gasteiger partial charge in [0, 0.05) is 45.9 Å². The number of piperazine rings is 1. The van der Waals surface area contributed by atoms with Crippen molar-refractivity contribution >= 4 is 5.91 Å². The lowest BCUT2D eigenvalue weighted by Gasteiger charge is -2.43. The molecule has 5 nitrogen and oxygen atoms in total. The van der Waals surface area contributed by atoms with Crippen LogP contribution in [0.4, 0.5) is 0 Å². The number of hydrogen-bond acceptors (Lipinski definition) is 4. The minimum atomic E-state index is -0.0211. The van der Waals surface area contributed by atoms with Gasteiger partial charge in [-0.25, -0.2) is 0 Å². The highest BCUT2D eigenvalue weighted by atomic mass is 16.5. The van der Waals surface area contributed by atoms with E-state index < -0.39 is 0 Å². The van der Waals surface area contributed by atoms with Crippen LogP contribution in [-0.2, 0) is 9.53 Å². The highest BCUT2D eigenvalue weighted by Crippen LogP contribution is 2.23. The van der Waals surface area contributed by atoms with Crippen LogP contribution in [0.3, 0.4) is 0 Å². The molecule has 1 N–H and O–H groups in total. The monoisotopic (exact) mass is 339 g/mol. The van der Waals surface area contributed by atoms with Gasteiger partial charge in [-0.3, -0.25) is 14.6 Å². The molecule has 1 amide bonds. The third kappa shape index (κ3) is 5.71. The van der Waals surface area contributed by atoms with E-state index in [0.29, 0.717) is 12.0 Å². The quantitative estimate of drug-likeness (QED) is 0.736. The molecule has 24 heavy (non-hydrogen) atoms. The summed E-state index contributed by atoms with van der Waals surface area (Å²) < 4.78 is 5.22. The highest BCUT2D eigenvalue weighted by molar-refractivity contribution is 5.81. The molecule has 0 unspecified atom stereocenters. The Morgan fingerprint density at radius 1 is 1.25 bits per heavy atom. The molecule has 0 radical (unpaired) electrons. The number of amides is 1. The highest BCUT2D eigenvalue weighted by Gasteiger charge is 2.30. The van der Waals surface area contributed by atoms with Gasteiger partial charge in [0.2, 0.25) is 5.91 Å². The summed E-state index contributed by atoms with van der Waals surface area (Å²) in [7, 11) is 1.76. The maximum atomic E-state index is 12.5. The Bertz CT molecular complexity index is 372. The first-order valence-electron chi connectivity index (χ1n) is 9.90. The number of hydrogen-bond donors (Lipinski definition) is 1. The molecular formula is C19H37N3O2. The predicted molar refractivity (Wildman–Crippen MR) is 98.1 cm³/mol. The molecular weight excluding hydrogens is 302 g/mol. The Balaban J connectivity index is 1.76. The van der Waals surface area contributed by atoms with E-state index in [9.17, 15) is 4.79 Å². The molecule has 2 rings (SSSR count). The second-order valence-electron chi connectivity index (χ2n) is 7.51. The van der Waals surface area contributed by atoms with Crippen molar-refractivity contribution in [3.63, 3.8) is 0 Å². The van der Waals surface area contributed by atoms with Gasteiger partial charge in [-0.15, -0.1) is 0 Å². The topological polar surface area (TPSA) is 44.8 Å². The molecule has 140 valence electrons. The third-order valence-electron chi connectivity index (χ3n) is 5.91. The van der Waals surface area contributed by atoms with Crippen molar-refractivity contribution < 1.29 is 9.53 Å². The standard InChI is InChI=1S/C19H37N3O2/c1-4-18-15-22(11-10-21(18)12-13-24-3)16(2)19(23)20-14-17-8-6-5-7-9-17/h16-18H,4-15H2,1-3H3,(H,20,23)/t16-,18+/m0/s1. The number of ether oxygens (including phenoxy) is 1. The van der Waals surface area contributed by atoms with E-state index in [1.54, 1.807) is 7.11 Å². The van der Waals surface area contributed by atoms with Crippen molar-refractivity contribution in [2.75, 3.05) is 46.4 Å². The van der Waals surface area contributed by atoms with Crippen molar-refractivity contribution in [3.05, 3.63) is 0 Å². The van der Waals surface area contributed by atoms with Crippen LogP contribution in [-0.4, -0.2) is 74.2 Å². The van der Waals surface area contributed by atoms with E-state index in [0.717, 1.165) is 45.8 Å². The molecule has 5 heteroatoms. The summed E-state index contributed by atoms with van der Waals surface area (Å²) in [4.78, 5) is 17.4. The van der Waals surface area contributed by atoms with Crippen LogP contribution in [0.5, 0.6) is 0 Å². The van der Waals surface area contributed by atoms with Crippen LogP contribution in [0.15, 0.2) is 0 Å². The fourth-order valence-corrected chi connectivity index (χ4v) is 4.11. The number of rotatable bonds is 8. The molecule has 0 bridgehead atoms. The molecule has 1 saturated heterocycles. The fraction of sp³-hybridized carbons (Fsp3) is 0.947. The molecule has 0 spiro atoms. The lowest BCUT2D eigenvalue weighted by Crippen LogP contribution is -2.58. The molecule has 1 aliphatic carbocycles. The Kier molecular flexibility index (Phi) is 8.50. The summed E-state index contributed by atoms with van der Waals surface area (Å²) in [5.41, 5.74) is 0. The molecule has 2 fully saturated rings. The van der Waals surface area contributed by atoms with Gasteiger partial charge in [0.15, 0.2) is 0 Å². The average Bonchev–Trinajstić information content (AvgIpc) is 2.64. The number of methoxy groups -OCH3 is 1. The van der Waals surface area contributed by atoms with E-state index in [1.807, 2.05) is 0 Å². The van der Waals surface area contributed by atoms with Gasteiger partial charge in [-0.2, -0.15) is 0 Å². The summed E-state index contributed by atoms with van der Waals surface area (Å²) in [5.74, 6) is 0.907. The molecule has 1 heterocycles. The first-order valence-corrected chi connectivity index (χ1v) is 9.90. The van der Waals surface area contributed by atoms with E-state index in [1.165, 1.54) is 32.1 Å². The Labute approximate surface area is 148 Å². The van der Waals surface area contributed by atoms with Crippen LogP contribution in [0.25, 0.3) is 0 Å². The van der Waals surface area contributed by atoms with Crippen LogP contribution in [0, 0.1) is 5.92 Å². The van der Waals surface area contributed by atoms with Crippen LogP contribution in [0.2, 0.25) is 0 Å². The molecule has 2 aliphatic rings. The summed E-state index contributed by atoms with van der Waals surface area (Å²) >= 11 is 0. The largest absolute Gasteiger partial charge is 0.383 e. The lowest BCUT2D eigenvalue weighted by atomic mass is 9.89. The van der Waals surface area contributed by atoms with Crippen molar-refractivity contribution in [2.45, 2.75) is 64.5 Å². The molecule has 2 atom stereocenters. The molecule has 0 aromatic carbocycles. The minimum Gasteiger partial charge on any atom is -0.383 e. The zero-order valence-electron chi connectivity index (χ0n) is 15.9. The van der Waals surface area contributed by atoms with Gasteiger partial charge in [-0.1, -0.05) is 26.2 Å². The van der Waals surface area contributed by atoms with Crippen molar-refractivity contribution in [1.29, 1.82) is 0 Å². The predicted octanol–water partition coefficient (Wildman–Crippen LogP) is 2.11. The van der Waals surface area contributed by atoms with Crippen molar-refractivity contribution in [3.8, 4) is 0 Å². The van der Waals surface area contributed by atoms with Gasteiger partial charge in [0.1, 0.15) is 0 Å². The zero-order chi connectivity index (χ0) is 17.4. The van der Waals surface area contributed by atoms with E-state index in [2.05, 4.69) is 29.0 Å². The Morgan fingerprint density at radius 3 is 2.67 bits per heavy atom. The summed E-state index contributed by atoms with van der Waals surface area (Å²) in [5, 5.41) is 3.21. The van der Waals surface area contributed by atoms with E-state index in [4.69, 9.17) is 4.74 Å². The molecule has 1 aliphatic heterocycles. The average molecular weight is 340 g/mol. The summed E-state index contributed by atoms with van der Waals surface area (Å²) in [6.07, 6.45) is 7.72. The Hall–Kier alpha value is -0.650. The first kappa shape index (κ1) is 19.7. The molecule has 0 aromatic heterocycles. The normalized spacial score (nSPS) is 25.5. The number of nitrogens with zero attached hydrogens (tertiary/aromatic N) is 2. The van der Waals surface area contributed by atoms with E-state index >= 15 is 0 Å². The van der Waals surface area contributed by atoms with Crippen LogP contribution < -0.4 is 5.32 Å². The SMILES string of the molecule is CC[C@@H]1CN([C@@H](C)C(=O)NCC2CCCCC2)CCN1CCOC. The van der Waals surface area contributed by atoms with Gasteiger partial charge in [-0.05, 0) is 32.1 Å². The van der Waals surface area contributed by atoms with Gasteiger partial charge < -0.3 is 10.1 Å². The molecule has 0 aromatic rings. The molecule has 1 saturated carbocycles. The second kappa shape index (κ2) is 10.4. The van der Waals surface area contributed by atoms with Crippen LogP contribution >= 0.6 is 0 Å². The van der Waals surface area contributed by atoms with Crippen molar-refractivity contribution in [1.82, 2.24) is 15.1 Å². The first-order chi connectivity index (χ1) is 11.7. The van der Waals surface area contributed by atoms with Gasteiger partial charge in [0.25, 0.3) is 0 Å². The number of nitrogens with one attached hydrogen (secondary N) is 1. The maximum Gasteiger partial charge on any atom is 0.237 e. The van der Waals surface area contributed by atoms with Crippen LogP contribution in [0.1, 0.15) is 52.4 Å². The number of carbonyl (C=O) groups excluding carboxylic acids is 1. The lowest BCUT2D eigenvalue weighted by molar-refractivity contribution is -0.127. The Morgan fingerprint density at radius 2 is 2.00 bits per heavy atom. The summed E-state index contributed by atoms with van der Waals surface area (Å²) in [6, 6.07) is 0.509. The summed E-state index contributed by atoms with van der Waals surface area (Å²) in [6.45, 7) is 9.93. The zero-order valence-corrected chi connectivity index (χ0v) is 15.9. The van der Waals surface area contributed by atoms with E-state index in [-0.39, 0.29) is 11.9 Å². The third-order valence-corrected chi connectivity index (χ3v) is 5.91. The fourth-order valence-electron chi connectivity index (χ4n) is 4.11. The second-order valence-corrected chi connectivity index (χ2v) is 7.51. The van der Waals surface area contributed by atoms with Gasteiger partial charge in [0.05, 0.1) is 12.6 Å². The van der Waals surface area contributed by atoms with Gasteiger partial charge >= 0.3 is 0 Å². The number of carbonyl (C=O) groups is 1.